The lowest BCUT2D eigenvalue weighted by molar-refractivity contribution is 0.0809. The molecule has 0 bridgehead atoms. The lowest BCUT2D eigenvalue weighted by Crippen LogP contribution is -2.38. The zero-order valence-corrected chi connectivity index (χ0v) is 15.4. The molecule has 1 aliphatic heterocycles. The maximum absolute atomic E-state index is 12.9. The summed E-state index contributed by atoms with van der Waals surface area (Å²) in [7, 11) is 0. The second kappa shape index (κ2) is 7.65. The van der Waals surface area contributed by atoms with Gasteiger partial charge in [0, 0.05) is 39.2 Å². The van der Waals surface area contributed by atoms with Gasteiger partial charge in [0.1, 0.15) is 0 Å². The highest BCUT2D eigenvalue weighted by molar-refractivity contribution is 7.98. The van der Waals surface area contributed by atoms with Gasteiger partial charge in [0.05, 0.1) is 0 Å². The van der Waals surface area contributed by atoms with E-state index >= 15 is 0 Å². The number of benzene rings is 1. The predicted molar refractivity (Wildman–Crippen MR) is 99.6 cm³/mol. The molecule has 23 heavy (non-hydrogen) atoms. The van der Waals surface area contributed by atoms with E-state index in [4.69, 9.17) is 0 Å². The van der Waals surface area contributed by atoms with Crippen molar-refractivity contribution >= 4 is 28.9 Å². The summed E-state index contributed by atoms with van der Waals surface area (Å²) in [5.41, 5.74) is 0.902. The largest absolute Gasteiger partial charge is 0.298 e. The van der Waals surface area contributed by atoms with E-state index in [0.717, 1.165) is 42.9 Å². The lowest BCUT2D eigenvalue weighted by Gasteiger charge is -2.31. The van der Waals surface area contributed by atoms with E-state index in [-0.39, 0.29) is 5.92 Å². The van der Waals surface area contributed by atoms with Gasteiger partial charge in [-0.2, -0.15) is 0 Å². The maximum atomic E-state index is 12.9. The first-order valence-corrected chi connectivity index (χ1v) is 10.2. The van der Waals surface area contributed by atoms with Crippen LogP contribution in [0.2, 0.25) is 0 Å². The first-order chi connectivity index (χ1) is 11.2. The number of aryl methyl sites for hydroxylation is 1. The molecule has 3 rings (SSSR count). The third-order valence-electron chi connectivity index (χ3n) is 4.42. The van der Waals surface area contributed by atoms with Gasteiger partial charge in [-0.05, 0) is 50.8 Å². The molecule has 0 saturated carbocycles. The van der Waals surface area contributed by atoms with E-state index in [2.05, 4.69) is 24.0 Å². The number of piperidine rings is 1. The second-order valence-electron chi connectivity index (χ2n) is 6.15. The minimum absolute atomic E-state index is 0.137. The standard InChI is InChI=1S/C19H23NOS2/c1-14-9-10-16(23-14)13-20-11-5-6-15(12-20)19(21)17-7-3-4-8-18(17)22-2/h3-4,7-10,15H,5-6,11-13H2,1-2H3/t15-/m0/s1. The summed E-state index contributed by atoms with van der Waals surface area (Å²) >= 11 is 3.52. The fourth-order valence-corrected chi connectivity index (χ4v) is 4.81. The van der Waals surface area contributed by atoms with Gasteiger partial charge in [0.25, 0.3) is 0 Å². The molecule has 0 unspecified atom stereocenters. The normalized spacial score (nSPS) is 19.0. The number of Topliss-reactive ketones (excluding diaryl/α,β-unsaturated/α-hetero) is 1. The van der Waals surface area contributed by atoms with E-state index in [1.165, 1.54) is 9.75 Å². The number of rotatable bonds is 5. The van der Waals surface area contributed by atoms with Crippen LogP contribution in [0.4, 0.5) is 0 Å². The van der Waals surface area contributed by atoms with Gasteiger partial charge in [-0.15, -0.1) is 23.1 Å². The third kappa shape index (κ3) is 4.06. The highest BCUT2D eigenvalue weighted by atomic mass is 32.2. The number of nitrogens with zero attached hydrogens (tertiary/aromatic N) is 1. The van der Waals surface area contributed by atoms with Gasteiger partial charge in [-0.3, -0.25) is 9.69 Å². The molecule has 1 aromatic carbocycles. The van der Waals surface area contributed by atoms with Crippen LogP contribution in [0, 0.1) is 12.8 Å². The van der Waals surface area contributed by atoms with Crippen molar-refractivity contribution in [2.24, 2.45) is 5.92 Å². The molecule has 1 aliphatic rings. The number of hydrogen-bond acceptors (Lipinski definition) is 4. The number of ketones is 1. The summed E-state index contributed by atoms with van der Waals surface area (Å²) in [6.45, 7) is 5.12. The molecular formula is C19H23NOS2. The minimum atomic E-state index is 0.137. The molecule has 122 valence electrons. The molecular weight excluding hydrogens is 322 g/mol. The van der Waals surface area contributed by atoms with Gasteiger partial charge in [-0.25, -0.2) is 0 Å². The van der Waals surface area contributed by atoms with Crippen LogP contribution >= 0.6 is 23.1 Å². The average Bonchev–Trinajstić information content (AvgIpc) is 2.99. The maximum Gasteiger partial charge on any atom is 0.168 e. The van der Waals surface area contributed by atoms with Crippen molar-refractivity contribution in [3.63, 3.8) is 0 Å². The van der Waals surface area contributed by atoms with Crippen LogP contribution in [0.3, 0.4) is 0 Å². The molecule has 0 spiro atoms. The van der Waals surface area contributed by atoms with Crippen LogP contribution in [-0.4, -0.2) is 30.0 Å². The summed E-state index contributed by atoms with van der Waals surface area (Å²) in [5.74, 6) is 0.458. The smallest absolute Gasteiger partial charge is 0.168 e. The molecule has 2 heterocycles. The van der Waals surface area contributed by atoms with Crippen LogP contribution in [0.15, 0.2) is 41.3 Å². The number of carbonyl (C=O) groups is 1. The fourth-order valence-electron chi connectivity index (χ4n) is 3.27. The Morgan fingerprint density at radius 2 is 2.13 bits per heavy atom. The van der Waals surface area contributed by atoms with Gasteiger partial charge < -0.3 is 0 Å². The van der Waals surface area contributed by atoms with Gasteiger partial charge in [-0.1, -0.05) is 18.2 Å². The Kier molecular flexibility index (Phi) is 5.57. The molecule has 2 nitrogen and oxygen atoms in total. The SMILES string of the molecule is CSc1ccccc1C(=O)[C@H]1CCCN(Cc2ccc(C)s2)C1. The molecule has 0 N–H and O–H groups in total. The summed E-state index contributed by atoms with van der Waals surface area (Å²) in [6.07, 6.45) is 4.17. The van der Waals surface area contributed by atoms with Crippen molar-refractivity contribution in [1.82, 2.24) is 4.90 Å². The Hall–Kier alpha value is -1.10. The highest BCUT2D eigenvalue weighted by Crippen LogP contribution is 2.28. The van der Waals surface area contributed by atoms with E-state index in [1.807, 2.05) is 41.9 Å². The predicted octanol–water partition coefficient (Wildman–Crippen LogP) is 4.87. The Balaban J connectivity index is 1.69. The Morgan fingerprint density at radius 1 is 1.30 bits per heavy atom. The second-order valence-corrected chi connectivity index (χ2v) is 8.37. The van der Waals surface area contributed by atoms with Crippen molar-refractivity contribution in [2.45, 2.75) is 31.2 Å². The monoisotopic (exact) mass is 345 g/mol. The molecule has 0 aliphatic carbocycles. The molecule has 0 amide bonds. The fraction of sp³-hybridized carbons (Fsp3) is 0.421. The first-order valence-electron chi connectivity index (χ1n) is 8.12. The number of hydrogen-bond donors (Lipinski definition) is 0. The number of carbonyl (C=O) groups excluding carboxylic acids is 1. The molecule has 1 saturated heterocycles. The Bertz CT molecular complexity index is 680. The van der Waals surface area contributed by atoms with E-state index < -0.39 is 0 Å². The van der Waals surface area contributed by atoms with Crippen molar-refractivity contribution in [2.75, 3.05) is 19.3 Å². The van der Waals surface area contributed by atoms with Gasteiger partial charge >= 0.3 is 0 Å². The van der Waals surface area contributed by atoms with Crippen LogP contribution in [0.25, 0.3) is 0 Å². The molecule has 1 aromatic heterocycles. The van der Waals surface area contributed by atoms with E-state index in [0.29, 0.717) is 5.78 Å². The number of thiophene rings is 1. The van der Waals surface area contributed by atoms with Crippen LogP contribution in [0.5, 0.6) is 0 Å². The molecule has 4 heteroatoms. The van der Waals surface area contributed by atoms with Crippen molar-refractivity contribution < 1.29 is 4.79 Å². The Morgan fingerprint density at radius 3 is 2.87 bits per heavy atom. The average molecular weight is 346 g/mol. The molecule has 1 atom stereocenters. The van der Waals surface area contributed by atoms with Crippen LogP contribution in [0.1, 0.15) is 33.0 Å². The third-order valence-corrected chi connectivity index (χ3v) is 6.21. The van der Waals surface area contributed by atoms with Gasteiger partial charge in [0.15, 0.2) is 5.78 Å². The van der Waals surface area contributed by atoms with E-state index in [1.54, 1.807) is 11.8 Å². The molecule has 0 radical (unpaired) electrons. The van der Waals surface area contributed by atoms with Gasteiger partial charge in [0.2, 0.25) is 0 Å². The van der Waals surface area contributed by atoms with Crippen molar-refractivity contribution in [3.8, 4) is 0 Å². The zero-order chi connectivity index (χ0) is 16.2. The first kappa shape index (κ1) is 16.7. The Labute approximate surface area is 146 Å². The van der Waals surface area contributed by atoms with E-state index in [9.17, 15) is 4.79 Å². The van der Waals surface area contributed by atoms with Crippen molar-refractivity contribution in [3.05, 3.63) is 51.7 Å². The lowest BCUT2D eigenvalue weighted by atomic mass is 9.90. The minimum Gasteiger partial charge on any atom is -0.298 e. The van der Waals surface area contributed by atoms with Crippen LogP contribution < -0.4 is 0 Å². The summed E-state index contributed by atoms with van der Waals surface area (Å²) in [6, 6.07) is 12.4. The number of likely N-dealkylation sites (tertiary alicyclic amines) is 1. The quantitative estimate of drug-likeness (QED) is 0.569. The molecule has 2 aromatic rings. The summed E-state index contributed by atoms with van der Waals surface area (Å²) in [5, 5.41) is 0. The summed E-state index contributed by atoms with van der Waals surface area (Å²) < 4.78 is 0. The highest BCUT2D eigenvalue weighted by Gasteiger charge is 2.27. The number of thioether (sulfide) groups is 1. The van der Waals surface area contributed by atoms with Crippen LogP contribution in [-0.2, 0) is 6.54 Å². The topological polar surface area (TPSA) is 20.3 Å². The molecule has 1 fully saturated rings. The van der Waals surface area contributed by atoms with Crippen molar-refractivity contribution in [1.29, 1.82) is 0 Å². The zero-order valence-electron chi connectivity index (χ0n) is 13.7. The summed E-state index contributed by atoms with van der Waals surface area (Å²) in [4.78, 5) is 19.3.